The number of nitrogens with zero attached hydrogens (tertiary/aromatic N) is 3. The zero-order valence-corrected chi connectivity index (χ0v) is 26.1. The van der Waals surface area contributed by atoms with Gasteiger partial charge in [-0.2, -0.15) is 0 Å². The van der Waals surface area contributed by atoms with Gasteiger partial charge < -0.3 is 9.47 Å². The highest BCUT2D eigenvalue weighted by Gasteiger charge is 2.41. The van der Waals surface area contributed by atoms with E-state index in [2.05, 4.69) is 148 Å². The van der Waals surface area contributed by atoms with Crippen LogP contribution < -0.4 is 25.9 Å². The summed E-state index contributed by atoms with van der Waals surface area (Å²) >= 11 is 0. The van der Waals surface area contributed by atoms with Gasteiger partial charge in [0.25, 0.3) is 6.71 Å². The molecule has 0 atom stereocenters. The summed E-state index contributed by atoms with van der Waals surface area (Å²) in [5, 5.41) is 6.78. The molecule has 12 rings (SSSR count). The van der Waals surface area contributed by atoms with Crippen molar-refractivity contribution in [1.29, 1.82) is 0 Å². The molecule has 2 aliphatic rings. The lowest BCUT2D eigenvalue weighted by Crippen LogP contribution is -2.57. The SMILES string of the molecule is c1ccc2c(c1)Oc1cc3c4ccccc4c4ccccc4c4cccc5c4n(c3c3c1B2c1ccccc1O3)c1nc2ccccc2n51. The van der Waals surface area contributed by atoms with E-state index in [0.717, 1.165) is 94.3 Å². The van der Waals surface area contributed by atoms with Gasteiger partial charge in [-0.15, -0.1) is 0 Å². The third-order valence-electron chi connectivity index (χ3n) is 10.6. The highest BCUT2D eigenvalue weighted by atomic mass is 16.5. The predicted molar refractivity (Wildman–Crippen MR) is 200 cm³/mol. The van der Waals surface area contributed by atoms with Crippen LogP contribution in [-0.2, 0) is 0 Å². The predicted octanol–water partition coefficient (Wildman–Crippen LogP) is 8.64. The molecule has 0 saturated heterocycles. The molecule has 0 fully saturated rings. The topological polar surface area (TPSA) is 40.2 Å². The summed E-state index contributed by atoms with van der Waals surface area (Å²) in [4.78, 5) is 5.36. The zero-order chi connectivity index (χ0) is 31.8. The molecule has 2 aliphatic heterocycles. The van der Waals surface area contributed by atoms with Gasteiger partial charge in [-0.3, -0.25) is 8.80 Å². The Kier molecular flexibility index (Phi) is 4.74. The van der Waals surface area contributed by atoms with Gasteiger partial charge in [0.15, 0.2) is 5.75 Å². The van der Waals surface area contributed by atoms with Crippen LogP contribution in [0.15, 0.2) is 146 Å². The molecule has 7 aromatic carbocycles. The van der Waals surface area contributed by atoms with Crippen LogP contribution in [0.3, 0.4) is 0 Å². The molecular weight excluding hydrogens is 601 g/mol. The van der Waals surface area contributed by atoms with Gasteiger partial charge >= 0.3 is 0 Å². The molecule has 0 radical (unpaired) electrons. The molecule has 0 unspecified atom stereocenters. The number of fused-ring (bicyclic) bond motifs is 17. The van der Waals surface area contributed by atoms with Crippen LogP contribution in [0.2, 0.25) is 0 Å². The standard InChI is InChI=1S/C43H24BN3O2/c1-3-14-27-25(12-1)26-13-2-4-15-28(26)30-24-38-39-42(49-37-23-10-6-18-32(37)44(39)31-17-5-9-22-36(31)48-38)41(30)47-40-29(27)16-11-21-35(40)46-34-20-8-7-19-33(34)45-43(46)47/h1-24H. The van der Waals surface area contributed by atoms with Crippen molar-refractivity contribution < 1.29 is 9.47 Å². The fraction of sp³-hybridized carbons (Fsp3) is 0. The summed E-state index contributed by atoms with van der Waals surface area (Å²) in [6, 6.07) is 51.6. The van der Waals surface area contributed by atoms with Gasteiger partial charge in [0, 0.05) is 16.2 Å². The number of ether oxygens (including phenoxy) is 2. The second-order valence-electron chi connectivity index (χ2n) is 13.1. The van der Waals surface area contributed by atoms with Crippen molar-refractivity contribution in [2.24, 2.45) is 0 Å². The Labute approximate surface area is 279 Å². The summed E-state index contributed by atoms with van der Waals surface area (Å²) in [5.74, 6) is 4.19. The van der Waals surface area contributed by atoms with E-state index < -0.39 is 0 Å². The molecule has 5 heterocycles. The minimum absolute atomic E-state index is 0.0543. The van der Waals surface area contributed by atoms with Crippen LogP contribution >= 0.6 is 0 Å². The summed E-state index contributed by atoms with van der Waals surface area (Å²) in [7, 11) is 0. The number of hydrogen-bond donors (Lipinski definition) is 0. The van der Waals surface area contributed by atoms with E-state index in [-0.39, 0.29) is 6.71 Å². The van der Waals surface area contributed by atoms with Crippen LogP contribution in [0.1, 0.15) is 0 Å². The third-order valence-corrected chi connectivity index (χ3v) is 10.6. The molecule has 6 heteroatoms. The number of imidazole rings is 2. The molecule has 226 valence electrons. The van der Waals surface area contributed by atoms with Crippen LogP contribution in [-0.4, -0.2) is 20.5 Å². The number of aromatic nitrogens is 3. The highest BCUT2D eigenvalue weighted by molar-refractivity contribution is 6.98. The van der Waals surface area contributed by atoms with E-state index in [1.54, 1.807) is 0 Å². The van der Waals surface area contributed by atoms with Gasteiger partial charge in [0.2, 0.25) is 5.78 Å². The number of benzene rings is 7. The maximum atomic E-state index is 7.17. The molecule has 0 bridgehead atoms. The first kappa shape index (κ1) is 25.6. The van der Waals surface area contributed by atoms with Crippen LogP contribution in [0.5, 0.6) is 23.0 Å². The van der Waals surface area contributed by atoms with Gasteiger partial charge in [-0.25, -0.2) is 4.98 Å². The first-order valence-electron chi connectivity index (χ1n) is 16.7. The lowest BCUT2D eigenvalue weighted by Gasteiger charge is -2.33. The Balaban J connectivity index is 1.45. The second-order valence-corrected chi connectivity index (χ2v) is 13.1. The smallest absolute Gasteiger partial charge is 0.260 e. The summed E-state index contributed by atoms with van der Waals surface area (Å²) < 4.78 is 18.7. The van der Waals surface area contributed by atoms with E-state index in [0.29, 0.717) is 0 Å². The monoisotopic (exact) mass is 625 g/mol. The van der Waals surface area contributed by atoms with Crippen LogP contribution in [0.25, 0.3) is 65.7 Å². The molecule has 0 N–H and O–H groups in total. The van der Waals surface area contributed by atoms with Crippen LogP contribution in [0.4, 0.5) is 0 Å². The minimum atomic E-state index is -0.0543. The van der Waals surface area contributed by atoms with Gasteiger partial charge in [0.1, 0.15) is 17.2 Å². The Bertz CT molecular complexity index is 3130. The van der Waals surface area contributed by atoms with Crippen molar-refractivity contribution in [2.45, 2.75) is 0 Å². The molecule has 0 spiro atoms. The highest BCUT2D eigenvalue weighted by Crippen LogP contribution is 2.44. The van der Waals surface area contributed by atoms with Crippen molar-refractivity contribution in [1.82, 2.24) is 13.8 Å². The Hall–Kier alpha value is -6.53. The Morgan fingerprint density at radius 1 is 0.449 bits per heavy atom. The fourth-order valence-electron chi connectivity index (χ4n) is 8.64. The number of para-hydroxylation sites is 5. The van der Waals surface area contributed by atoms with E-state index in [1.807, 2.05) is 6.07 Å². The Morgan fingerprint density at radius 2 is 1.02 bits per heavy atom. The van der Waals surface area contributed by atoms with Crippen molar-refractivity contribution >= 4 is 88.8 Å². The molecular formula is C43H24BN3O2. The molecule has 0 aliphatic carbocycles. The Morgan fingerprint density at radius 3 is 1.78 bits per heavy atom. The zero-order valence-electron chi connectivity index (χ0n) is 26.1. The molecule has 0 saturated carbocycles. The molecule has 49 heavy (non-hydrogen) atoms. The average Bonchev–Trinajstić information content (AvgIpc) is 3.70. The first-order chi connectivity index (χ1) is 24.3. The van der Waals surface area contributed by atoms with E-state index in [1.165, 1.54) is 10.8 Å². The van der Waals surface area contributed by atoms with E-state index in [9.17, 15) is 0 Å². The van der Waals surface area contributed by atoms with Gasteiger partial charge in [-0.1, -0.05) is 109 Å². The van der Waals surface area contributed by atoms with Crippen molar-refractivity contribution in [3.63, 3.8) is 0 Å². The number of hydrogen-bond acceptors (Lipinski definition) is 3. The maximum Gasteiger partial charge on any atom is 0.260 e. The fourth-order valence-corrected chi connectivity index (χ4v) is 8.64. The molecule has 5 nitrogen and oxygen atoms in total. The quantitative estimate of drug-likeness (QED) is 0.159. The largest absolute Gasteiger partial charge is 0.458 e. The normalized spacial score (nSPS) is 13.2. The summed E-state index contributed by atoms with van der Waals surface area (Å²) in [6.45, 7) is -0.0543. The molecule has 3 aromatic heterocycles. The lowest BCUT2D eigenvalue weighted by molar-refractivity contribution is 0.468. The van der Waals surface area contributed by atoms with Crippen molar-refractivity contribution in [3.05, 3.63) is 146 Å². The van der Waals surface area contributed by atoms with Gasteiger partial charge in [-0.05, 0) is 68.9 Å². The van der Waals surface area contributed by atoms with Crippen LogP contribution in [0, 0.1) is 0 Å². The number of rotatable bonds is 0. The molecule has 0 amide bonds. The van der Waals surface area contributed by atoms with Crippen molar-refractivity contribution in [2.75, 3.05) is 0 Å². The first-order valence-corrected chi connectivity index (χ1v) is 16.7. The van der Waals surface area contributed by atoms with Crippen molar-refractivity contribution in [3.8, 4) is 23.0 Å². The maximum absolute atomic E-state index is 7.17. The average molecular weight is 625 g/mol. The van der Waals surface area contributed by atoms with E-state index in [4.69, 9.17) is 14.5 Å². The second kappa shape index (κ2) is 9.09. The summed E-state index contributed by atoms with van der Waals surface area (Å²) in [5.41, 5.74) is 8.47. The third kappa shape index (κ3) is 3.18. The van der Waals surface area contributed by atoms with Gasteiger partial charge in [0.05, 0.1) is 27.6 Å². The lowest BCUT2D eigenvalue weighted by atomic mass is 9.35. The minimum Gasteiger partial charge on any atom is -0.458 e. The summed E-state index contributed by atoms with van der Waals surface area (Å²) in [6.07, 6.45) is 0. The molecule has 10 aromatic rings. The van der Waals surface area contributed by atoms with E-state index >= 15 is 0 Å².